The van der Waals surface area contributed by atoms with Crippen LogP contribution in [-0.4, -0.2) is 4.98 Å². The lowest BCUT2D eigenvalue weighted by Gasteiger charge is -2.08. The number of benzene rings is 1. The van der Waals surface area contributed by atoms with Crippen LogP contribution in [0.15, 0.2) is 21.0 Å². The highest BCUT2D eigenvalue weighted by atomic mass is 79.9. The van der Waals surface area contributed by atoms with Gasteiger partial charge in [-0.1, -0.05) is 11.6 Å². The van der Waals surface area contributed by atoms with E-state index in [-0.39, 0.29) is 0 Å². The molecule has 96 valence electrons. The van der Waals surface area contributed by atoms with Crippen LogP contribution in [0.1, 0.15) is 22.9 Å². The molecule has 0 amide bonds. The molecule has 1 aromatic heterocycles. The largest absolute Gasteiger partial charge is 0.444 e. The number of hydrogen-bond acceptors (Lipinski definition) is 3. The summed E-state index contributed by atoms with van der Waals surface area (Å²) in [6.07, 6.45) is 0. The molecule has 0 unspecified atom stereocenters. The fourth-order valence-electron chi connectivity index (χ4n) is 1.57. The zero-order valence-electron chi connectivity index (χ0n) is 10.5. The number of rotatable bonds is 3. The minimum Gasteiger partial charge on any atom is -0.444 e. The van der Waals surface area contributed by atoms with Gasteiger partial charge in [0.25, 0.3) is 0 Å². The summed E-state index contributed by atoms with van der Waals surface area (Å²) in [5.74, 6) is 1.53. The fraction of sp³-hybridized carbons (Fsp3) is 0.308. The summed E-state index contributed by atoms with van der Waals surface area (Å²) < 4.78 is 6.48. The Morgan fingerprint density at radius 1 is 1.33 bits per heavy atom. The molecular formula is C13H14BrClN2O. The third kappa shape index (κ3) is 2.87. The highest BCUT2D eigenvalue weighted by molar-refractivity contribution is 9.10. The molecule has 0 aliphatic heterocycles. The smallest absolute Gasteiger partial charge is 0.213 e. The first-order valence-electron chi connectivity index (χ1n) is 5.60. The van der Waals surface area contributed by atoms with E-state index in [4.69, 9.17) is 16.0 Å². The van der Waals surface area contributed by atoms with Crippen molar-refractivity contribution in [2.24, 2.45) is 0 Å². The molecule has 2 rings (SSSR count). The van der Waals surface area contributed by atoms with Crippen LogP contribution in [0.3, 0.4) is 0 Å². The van der Waals surface area contributed by atoms with Gasteiger partial charge in [-0.25, -0.2) is 4.98 Å². The van der Waals surface area contributed by atoms with Gasteiger partial charge in [-0.05, 0) is 54.4 Å². The highest BCUT2D eigenvalue weighted by Crippen LogP contribution is 2.29. The van der Waals surface area contributed by atoms with Crippen molar-refractivity contribution in [2.45, 2.75) is 27.3 Å². The van der Waals surface area contributed by atoms with E-state index < -0.39 is 0 Å². The molecule has 5 heteroatoms. The van der Waals surface area contributed by atoms with Crippen molar-refractivity contribution < 1.29 is 4.42 Å². The van der Waals surface area contributed by atoms with Crippen LogP contribution in [0.25, 0.3) is 0 Å². The van der Waals surface area contributed by atoms with Gasteiger partial charge in [0.2, 0.25) is 5.89 Å². The zero-order valence-corrected chi connectivity index (χ0v) is 12.8. The molecule has 0 radical (unpaired) electrons. The maximum Gasteiger partial charge on any atom is 0.213 e. The van der Waals surface area contributed by atoms with Crippen LogP contribution in [0.5, 0.6) is 0 Å². The SMILES string of the molecule is Cc1cc(Br)c(NCc2nc(C)c(C)o2)cc1Cl. The third-order valence-electron chi connectivity index (χ3n) is 2.75. The topological polar surface area (TPSA) is 38.1 Å². The predicted molar refractivity (Wildman–Crippen MR) is 77.2 cm³/mol. The molecule has 3 nitrogen and oxygen atoms in total. The normalized spacial score (nSPS) is 10.7. The number of aryl methyl sites for hydroxylation is 3. The molecule has 0 saturated heterocycles. The van der Waals surface area contributed by atoms with Gasteiger partial charge in [0.1, 0.15) is 5.76 Å². The molecule has 0 atom stereocenters. The summed E-state index contributed by atoms with van der Waals surface area (Å²) in [5.41, 5.74) is 2.89. The second kappa shape index (κ2) is 5.33. The van der Waals surface area contributed by atoms with E-state index in [0.29, 0.717) is 12.4 Å². The van der Waals surface area contributed by atoms with Crippen LogP contribution in [0, 0.1) is 20.8 Å². The molecular weight excluding hydrogens is 316 g/mol. The Bertz CT molecular complexity index is 561. The van der Waals surface area contributed by atoms with Crippen molar-refractivity contribution in [1.82, 2.24) is 4.98 Å². The molecule has 0 aliphatic carbocycles. The molecule has 0 spiro atoms. The van der Waals surface area contributed by atoms with Crippen LogP contribution in [0.4, 0.5) is 5.69 Å². The van der Waals surface area contributed by atoms with Crippen molar-refractivity contribution in [3.8, 4) is 0 Å². The number of anilines is 1. The highest BCUT2D eigenvalue weighted by Gasteiger charge is 2.08. The van der Waals surface area contributed by atoms with Crippen LogP contribution >= 0.6 is 27.5 Å². The lowest BCUT2D eigenvalue weighted by atomic mass is 10.2. The molecule has 0 fully saturated rings. The minimum atomic E-state index is 0.534. The molecule has 2 aromatic rings. The number of nitrogens with one attached hydrogen (secondary N) is 1. The molecule has 0 aliphatic rings. The van der Waals surface area contributed by atoms with E-state index in [1.807, 2.05) is 32.9 Å². The average Bonchev–Trinajstić information content (AvgIpc) is 2.62. The van der Waals surface area contributed by atoms with E-state index >= 15 is 0 Å². The molecule has 1 heterocycles. The summed E-state index contributed by atoms with van der Waals surface area (Å²) in [7, 11) is 0. The van der Waals surface area contributed by atoms with Crippen LogP contribution in [-0.2, 0) is 6.54 Å². The van der Waals surface area contributed by atoms with Gasteiger partial charge < -0.3 is 9.73 Å². The number of hydrogen-bond donors (Lipinski definition) is 1. The van der Waals surface area contributed by atoms with Gasteiger partial charge in [0.05, 0.1) is 17.9 Å². The van der Waals surface area contributed by atoms with E-state index in [2.05, 4.69) is 26.2 Å². The van der Waals surface area contributed by atoms with Crippen molar-refractivity contribution in [3.63, 3.8) is 0 Å². The first kappa shape index (κ1) is 13.4. The first-order valence-corrected chi connectivity index (χ1v) is 6.77. The predicted octanol–water partition coefficient (Wildman–Crippen LogP) is 4.63. The maximum atomic E-state index is 6.10. The Morgan fingerprint density at radius 2 is 2.06 bits per heavy atom. The summed E-state index contributed by atoms with van der Waals surface area (Å²) in [6, 6.07) is 3.88. The fourth-order valence-corrected chi connectivity index (χ4v) is 2.33. The molecule has 1 aromatic carbocycles. The molecule has 0 bridgehead atoms. The van der Waals surface area contributed by atoms with Gasteiger partial charge in [0.15, 0.2) is 0 Å². The van der Waals surface area contributed by atoms with E-state index in [1.165, 1.54) is 0 Å². The number of oxazole rings is 1. The van der Waals surface area contributed by atoms with Crippen molar-refractivity contribution in [2.75, 3.05) is 5.32 Å². The summed E-state index contributed by atoms with van der Waals surface area (Å²) in [6.45, 7) is 6.34. The standard InChI is InChI=1S/C13H14BrClN2O/c1-7-4-10(14)12(5-11(7)15)16-6-13-17-8(2)9(3)18-13/h4-5,16H,6H2,1-3H3. The first-order chi connectivity index (χ1) is 8.47. The Morgan fingerprint density at radius 3 is 2.67 bits per heavy atom. The van der Waals surface area contributed by atoms with Crippen molar-refractivity contribution >= 4 is 33.2 Å². The lowest BCUT2D eigenvalue weighted by molar-refractivity contribution is 0.478. The van der Waals surface area contributed by atoms with E-state index in [9.17, 15) is 0 Å². The van der Waals surface area contributed by atoms with Gasteiger partial charge in [0, 0.05) is 9.50 Å². The monoisotopic (exact) mass is 328 g/mol. The molecule has 1 N–H and O–H groups in total. The Kier molecular flexibility index (Phi) is 3.97. The Balaban J connectivity index is 2.13. The zero-order chi connectivity index (χ0) is 13.3. The lowest BCUT2D eigenvalue weighted by Crippen LogP contribution is -2.00. The van der Waals surface area contributed by atoms with Gasteiger partial charge in [-0.3, -0.25) is 0 Å². The van der Waals surface area contributed by atoms with Crippen molar-refractivity contribution in [1.29, 1.82) is 0 Å². The summed E-state index contributed by atoms with van der Waals surface area (Å²) >= 11 is 9.60. The number of nitrogens with zero attached hydrogens (tertiary/aromatic N) is 1. The maximum absolute atomic E-state index is 6.10. The van der Waals surface area contributed by atoms with Gasteiger partial charge in [-0.15, -0.1) is 0 Å². The average molecular weight is 330 g/mol. The number of aromatic nitrogens is 1. The minimum absolute atomic E-state index is 0.534. The van der Waals surface area contributed by atoms with Gasteiger partial charge in [-0.2, -0.15) is 0 Å². The summed E-state index contributed by atoms with van der Waals surface area (Å²) in [5, 5.41) is 3.99. The molecule has 18 heavy (non-hydrogen) atoms. The van der Waals surface area contributed by atoms with Crippen molar-refractivity contribution in [3.05, 3.63) is 44.5 Å². The van der Waals surface area contributed by atoms with Crippen LogP contribution < -0.4 is 5.32 Å². The third-order valence-corrected chi connectivity index (χ3v) is 3.81. The van der Waals surface area contributed by atoms with E-state index in [0.717, 1.165) is 32.2 Å². The quantitative estimate of drug-likeness (QED) is 0.892. The van der Waals surface area contributed by atoms with Crippen LogP contribution in [0.2, 0.25) is 5.02 Å². The summed E-state index contributed by atoms with van der Waals surface area (Å²) in [4.78, 5) is 4.32. The second-order valence-corrected chi connectivity index (χ2v) is 5.45. The Labute approximate surface area is 120 Å². The Hall–Kier alpha value is -1.00. The number of halogens is 2. The molecule has 0 saturated carbocycles. The van der Waals surface area contributed by atoms with Gasteiger partial charge >= 0.3 is 0 Å². The second-order valence-electron chi connectivity index (χ2n) is 4.18. The van der Waals surface area contributed by atoms with E-state index in [1.54, 1.807) is 0 Å².